The second-order valence-corrected chi connectivity index (χ2v) is 12.0. The molecule has 9 heteroatoms. The van der Waals surface area contributed by atoms with Crippen LogP contribution in [0.3, 0.4) is 0 Å². The Balaban J connectivity index is 1.79. The molecule has 43 heavy (non-hydrogen) atoms. The first-order valence-electron chi connectivity index (χ1n) is 14.1. The summed E-state index contributed by atoms with van der Waals surface area (Å²) in [4.78, 5) is 29.5. The monoisotopic (exact) mass is 599 g/mol. The maximum absolute atomic E-state index is 14.4. The number of hydrogen-bond donors (Lipinski definition) is 1. The molecule has 2 amide bonds. The summed E-state index contributed by atoms with van der Waals surface area (Å²) in [7, 11) is -2.57. The lowest BCUT2D eigenvalue weighted by Gasteiger charge is -2.34. The minimum absolute atomic E-state index is 0.0623. The van der Waals surface area contributed by atoms with Crippen LogP contribution in [0.1, 0.15) is 23.6 Å². The van der Waals surface area contributed by atoms with Gasteiger partial charge < -0.3 is 15.0 Å². The summed E-state index contributed by atoms with van der Waals surface area (Å²) >= 11 is 0. The van der Waals surface area contributed by atoms with Crippen LogP contribution in [0.4, 0.5) is 5.69 Å². The first kappa shape index (κ1) is 31.3. The molecule has 0 aliphatic heterocycles. The summed E-state index contributed by atoms with van der Waals surface area (Å²) in [6.07, 6.45) is 0.248. The van der Waals surface area contributed by atoms with E-state index in [0.29, 0.717) is 18.0 Å². The van der Waals surface area contributed by atoms with Gasteiger partial charge in [0, 0.05) is 19.5 Å². The largest absolute Gasteiger partial charge is 0.497 e. The predicted octanol–water partition coefficient (Wildman–Crippen LogP) is 4.98. The zero-order valence-electron chi connectivity index (χ0n) is 24.6. The van der Waals surface area contributed by atoms with Crippen LogP contribution in [0.2, 0.25) is 0 Å². The molecule has 4 aromatic carbocycles. The molecular formula is C34H37N3O5S. The van der Waals surface area contributed by atoms with E-state index in [-0.39, 0.29) is 23.8 Å². The molecule has 0 saturated heterocycles. The molecule has 0 fully saturated rings. The number of carbonyl (C=O) groups is 2. The summed E-state index contributed by atoms with van der Waals surface area (Å²) in [6.45, 7) is 3.66. The van der Waals surface area contributed by atoms with Gasteiger partial charge in [-0.3, -0.25) is 13.9 Å². The number of hydrogen-bond acceptors (Lipinski definition) is 5. The Morgan fingerprint density at radius 2 is 1.47 bits per heavy atom. The van der Waals surface area contributed by atoms with Gasteiger partial charge in [0.05, 0.1) is 17.7 Å². The van der Waals surface area contributed by atoms with Crippen molar-refractivity contribution in [1.29, 1.82) is 0 Å². The van der Waals surface area contributed by atoms with Crippen LogP contribution in [-0.4, -0.2) is 51.4 Å². The first-order chi connectivity index (χ1) is 20.7. The van der Waals surface area contributed by atoms with Crippen LogP contribution in [0.5, 0.6) is 5.75 Å². The van der Waals surface area contributed by atoms with E-state index in [4.69, 9.17) is 4.74 Å². The molecule has 224 valence electrons. The van der Waals surface area contributed by atoms with E-state index in [1.807, 2.05) is 56.3 Å². The fraction of sp³-hybridized carbons (Fsp3) is 0.235. The topological polar surface area (TPSA) is 96.0 Å². The molecule has 4 aromatic rings. The van der Waals surface area contributed by atoms with Crippen molar-refractivity contribution < 1.29 is 22.7 Å². The van der Waals surface area contributed by atoms with Crippen molar-refractivity contribution in [3.63, 3.8) is 0 Å². The molecule has 4 rings (SSSR count). The molecule has 0 saturated carbocycles. The smallest absolute Gasteiger partial charge is 0.264 e. The third-order valence-corrected chi connectivity index (χ3v) is 8.83. The van der Waals surface area contributed by atoms with Crippen LogP contribution >= 0.6 is 0 Å². The molecule has 0 heterocycles. The van der Waals surface area contributed by atoms with Crippen LogP contribution < -0.4 is 14.4 Å². The normalized spacial score (nSPS) is 11.8. The maximum Gasteiger partial charge on any atom is 0.264 e. The Morgan fingerprint density at radius 3 is 2.09 bits per heavy atom. The highest BCUT2D eigenvalue weighted by atomic mass is 32.2. The van der Waals surface area contributed by atoms with Gasteiger partial charge in [0.2, 0.25) is 11.8 Å². The van der Waals surface area contributed by atoms with Crippen LogP contribution in [0, 0.1) is 6.92 Å². The number of carbonyl (C=O) groups excluding carboxylic acids is 2. The van der Waals surface area contributed by atoms with E-state index < -0.39 is 28.5 Å². The number of likely N-dealkylation sites (N-methyl/N-ethyl adjacent to an activating group) is 1. The molecular weight excluding hydrogens is 562 g/mol. The van der Waals surface area contributed by atoms with Crippen LogP contribution in [-0.2, 0) is 32.6 Å². The quantitative estimate of drug-likeness (QED) is 0.234. The molecule has 0 aliphatic carbocycles. The van der Waals surface area contributed by atoms with E-state index in [9.17, 15) is 18.0 Å². The number of anilines is 1. The van der Waals surface area contributed by atoms with E-state index in [0.717, 1.165) is 21.0 Å². The fourth-order valence-electron chi connectivity index (χ4n) is 4.77. The first-order valence-corrected chi connectivity index (χ1v) is 15.6. The lowest BCUT2D eigenvalue weighted by Crippen LogP contribution is -2.53. The van der Waals surface area contributed by atoms with Gasteiger partial charge in [-0.05, 0) is 61.4 Å². The maximum atomic E-state index is 14.4. The summed E-state index contributed by atoms with van der Waals surface area (Å²) in [5, 5.41) is 2.87. The number of benzene rings is 4. The Bertz CT molecular complexity index is 1610. The molecule has 0 bridgehead atoms. The van der Waals surface area contributed by atoms with Crippen molar-refractivity contribution >= 4 is 27.5 Å². The molecule has 8 nitrogen and oxygen atoms in total. The van der Waals surface area contributed by atoms with Gasteiger partial charge >= 0.3 is 0 Å². The summed E-state index contributed by atoms with van der Waals surface area (Å²) in [5.41, 5.74) is 2.91. The summed E-state index contributed by atoms with van der Waals surface area (Å²) in [6, 6.07) is 30.8. The van der Waals surface area contributed by atoms with Crippen molar-refractivity contribution in [3.8, 4) is 5.75 Å². The van der Waals surface area contributed by atoms with Gasteiger partial charge in [-0.25, -0.2) is 8.42 Å². The van der Waals surface area contributed by atoms with E-state index in [1.165, 1.54) is 17.0 Å². The molecule has 0 radical (unpaired) electrons. The predicted molar refractivity (Wildman–Crippen MR) is 168 cm³/mol. The lowest BCUT2D eigenvalue weighted by molar-refractivity contribution is -0.140. The summed E-state index contributed by atoms with van der Waals surface area (Å²) < 4.78 is 34.5. The van der Waals surface area contributed by atoms with E-state index in [2.05, 4.69) is 5.32 Å². The van der Waals surface area contributed by atoms with Crippen molar-refractivity contribution in [2.75, 3.05) is 24.5 Å². The number of ether oxygens (including phenoxy) is 1. The van der Waals surface area contributed by atoms with E-state index >= 15 is 0 Å². The summed E-state index contributed by atoms with van der Waals surface area (Å²) in [5.74, 6) is -0.235. The standard InChI is InChI=1S/C34H37N3O5S/c1-4-35-34(39)32(23-27-12-7-5-8-13-27)36(24-28-14-11-15-30(22-28)42-3)33(38)25-37(29-20-18-26(2)19-21-29)43(40,41)31-16-9-6-10-17-31/h5-22,32H,4,23-25H2,1-3H3,(H,35,39)/t32-/m0/s1. The number of nitrogens with zero attached hydrogens (tertiary/aromatic N) is 2. The van der Waals surface area contributed by atoms with Crippen LogP contribution in [0.15, 0.2) is 114 Å². The number of nitrogens with one attached hydrogen (secondary N) is 1. The van der Waals surface area contributed by atoms with Gasteiger partial charge in [-0.1, -0.05) is 78.4 Å². The number of methoxy groups -OCH3 is 1. The van der Waals surface area contributed by atoms with Gasteiger partial charge in [0.15, 0.2) is 0 Å². The minimum Gasteiger partial charge on any atom is -0.497 e. The van der Waals surface area contributed by atoms with Gasteiger partial charge in [0.25, 0.3) is 10.0 Å². The zero-order valence-corrected chi connectivity index (χ0v) is 25.5. The number of rotatable bonds is 13. The third-order valence-electron chi connectivity index (χ3n) is 7.04. The minimum atomic E-state index is -4.13. The second kappa shape index (κ2) is 14.5. The molecule has 0 spiro atoms. The highest BCUT2D eigenvalue weighted by Gasteiger charge is 2.34. The van der Waals surface area contributed by atoms with Gasteiger partial charge in [0.1, 0.15) is 18.3 Å². The second-order valence-electron chi connectivity index (χ2n) is 10.1. The van der Waals surface area contributed by atoms with Crippen molar-refractivity contribution in [1.82, 2.24) is 10.2 Å². The molecule has 0 aromatic heterocycles. The van der Waals surface area contributed by atoms with Crippen molar-refractivity contribution in [2.24, 2.45) is 0 Å². The molecule has 1 atom stereocenters. The highest BCUT2D eigenvalue weighted by Crippen LogP contribution is 2.26. The number of amides is 2. The number of aryl methyl sites for hydroxylation is 1. The highest BCUT2D eigenvalue weighted by molar-refractivity contribution is 7.92. The Labute approximate surface area is 254 Å². The average molecular weight is 600 g/mol. The lowest BCUT2D eigenvalue weighted by atomic mass is 10.0. The van der Waals surface area contributed by atoms with Crippen molar-refractivity contribution in [2.45, 2.75) is 37.8 Å². The average Bonchev–Trinajstić information content (AvgIpc) is 3.03. The van der Waals surface area contributed by atoms with Crippen LogP contribution in [0.25, 0.3) is 0 Å². The number of sulfonamides is 1. The van der Waals surface area contributed by atoms with Gasteiger partial charge in [-0.15, -0.1) is 0 Å². The third kappa shape index (κ3) is 8.02. The fourth-order valence-corrected chi connectivity index (χ4v) is 6.21. The molecule has 0 aliphatic rings. The van der Waals surface area contributed by atoms with Crippen molar-refractivity contribution in [3.05, 3.63) is 126 Å². The van der Waals surface area contributed by atoms with E-state index in [1.54, 1.807) is 61.7 Å². The Morgan fingerprint density at radius 1 is 0.837 bits per heavy atom. The van der Waals surface area contributed by atoms with Gasteiger partial charge in [-0.2, -0.15) is 0 Å². The SMILES string of the molecule is CCNC(=O)[C@H](Cc1ccccc1)N(Cc1cccc(OC)c1)C(=O)CN(c1ccc(C)cc1)S(=O)(=O)c1ccccc1. The Kier molecular flexibility index (Phi) is 10.6. The molecule has 1 N–H and O–H groups in total. The zero-order chi connectivity index (χ0) is 30.8. The Hall–Kier alpha value is -4.63. The molecule has 0 unspecified atom stereocenters.